The van der Waals surface area contributed by atoms with Gasteiger partial charge in [-0.1, -0.05) is 29.8 Å². The number of ether oxygens (including phenoxy) is 2. The molecule has 0 aliphatic heterocycles. The summed E-state index contributed by atoms with van der Waals surface area (Å²) in [5.74, 6) is -1.24. The Hall–Kier alpha value is -3.35. The molecule has 0 bridgehead atoms. The molecule has 0 aliphatic carbocycles. The van der Waals surface area contributed by atoms with Crippen LogP contribution in [-0.4, -0.2) is 38.0 Å². The predicted octanol–water partition coefficient (Wildman–Crippen LogP) is 2.22. The third-order valence-corrected chi connectivity index (χ3v) is 3.77. The number of methoxy groups -OCH3 is 1. The van der Waals surface area contributed by atoms with Crippen molar-refractivity contribution in [1.82, 2.24) is 5.32 Å². The highest BCUT2D eigenvalue weighted by atomic mass is 16.5. The molecular formula is C20H22N2O5. The number of carbonyl (C=O) groups is 3. The Kier molecular flexibility index (Phi) is 6.93. The summed E-state index contributed by atoms with van der Waals surface area (Å²) in [7, 11) is 1.45. The van der Waals surface area contributed by atoms with E-state index in [1.165, 1.54) is 7.11 Å². The number of nitrogens with one attached hydrogen (secondary N) is 2. The van der Waals surface area contributed by atoms with E-state index in [0.29, 0.717) is 17.0 Å². The zero-order chi connectivity index (χ0) is 19.8. The van der Waals surface area contributed by atoms with Crippen molar-refractivity contribution in [2.75, 3.05) is 25.6 Å². The van der Waals surface area contributed by atoms with Crippen molar-refractivity contribution in [3.63, 3.8) is 0 Å². The molecule has 0 aliphatic rings. The molecule has 0 radical (unpaired) electrons. The van der Waals surface area contributed by atoms with Gasteiger partial charge in [-0.05, 0) is 37.6 Å². The molecule has 0 atom stereocenters. The lowest BCUT2D eigenvalue weighted by Crippen LogP contribution is -2.32. The average Bonchev–Trinajstić information content (AvgIpc) is 2.66. The second kappa shape index (κ2) is 9.38. The summed E-state index contributed by atoms with van der Waals surface area (Å²) in [4.78, 5) is 35.8. The molecule has 7 nitrogen and oxygen atoms in total. The first kappa shape index (κ1) is 20.0. The number of amides is 2. The molecule has 142 valence electrons. The average molecular weight is 370 g/mol. The molecule has 2 N–H and O–H groups in total. The second-order valence-electron chi connectivity index (χ2n) is 5.91. The van der Waals surface area contributed by atoms with Crippen LogP contribution in [0.1, 0.15) is 21.5 Å². The zero-order valence-corrected chi connectivity index (χ0v) is 15.5. The minimum absolute atomic E-state index is 0.306. The first-order valence-corrected chi connectivity index (χ1v) is 8.34. The van der Waals surface area contributed by atoms with Crippen LogP contribution in [-0.2, 0) is 14.3 Å². The number of hydrogen-bond donors (Lipinski definition) is 2. The number of para-hydroxylation sites is 1. The van der Waals surface area contributed by atoms with Crippen LogP contribution in [0, 0.1) is 13.8 Å². The second-order valence-corrected chi connectivity index (χ2v) is 5.91. The van der Waals surface area contributed by atoms with Crippen molar-refractivity contribution >= 4 is 23.5 Å². The number of aryl methyl sites for hydroxylation is 2. The molecule has 0 heterocycles. The van der Waals surface area contributed by atoms with Gasteiger partial charge >= 0.3 is 5.97 Å². The van der Waals surface area contributed by atoms with Crippen molar-refractivity contribution in [1.29, 1.82) is 0 Å². The number of anilines is 1. The third kappa shape index (κ3) is 5.85. The van der Waals surface area contributed by atoms with Crippen LogP contribution in [0.4, 0.5) is 5.69 Å². The van der Waals surface area contributed by atoms with Crippen molar-refractivity contribution in [3.8, 4) is 5.75 Å². The minimum atomic E-state index is -0.714. The van der Waals surface area contributed by atoms with Gasteiger partial charge in [-0.2, -0.15) is 0 Å². The van der Waals surface area contributed by atoms with E-state index < -0.39 is 24.4 Å². The van der Waals surface area contributed by atoms with Gasteiger partial charge in [-0.3, -0.25) is 14.4 Å². The molecule has 0 unspecified atom stereocenters. The van der Waals surface area contributed by atoms with Crippen LogP contribution >= 0.6 is 0 Å². The molecule has 0 spiro atoms. The molecule has 2 amide bonds. The van der Waals surface area contributed by atoms with Gasteiger partial charge in [0.25, 0.3) is 11.8 Å². The van der Waals surface area contributed by atoms with Crippen LogP contribution in [0.25, 0.3) is 0 Å². The van der Waals surface area contributed by atoms with Gasteiger partial charge in [0.1, 0.15) is 12.3 Å². The topological polar surface area (TPSA) is 93.7 Å². The fourth-order valence-corrected chi connectivity index (χ4v) is 2.42. The SMILES string of the molecule is COc1ccccc1C(=O)NCC(=O)OCC(=O)Nc1ccc(C)cc1C. The van der Waals surface area contributed by atoms with E-state index in [4.69, 9.17) is 9.47 Å². The van der Waals surface area contributed by atoms with Crippen LogP contribution in [0.2, 0.25) is 0 Å². The van der Waals surface area contributed by atoms with Crippen molar-refractivity contribution < 1.29 is 23.9 Å². The van der Waals surface area contributed by atoms with Gasteiger partial charge in [0.2, 0.25) is 0 Å². The smallest absolute Gasteiger partial charge is 0.325 e. The molecule has 2 aromatic rings. The van der Waals surface area contributed by atoms with Crippen LogP contribution in [0.15, 0.2) is 42.5 Å². The molecule has 2 aromatic carbocycles. The Morgan fingerprint density at radius 1 is 1.04 bits per heavy atom. The summed E-state index contributed by atoms with van der Waals surface area (Å²) in [6.07, 6.45) is 0. The third-order valence-electron chi connectivity index (χ3n) is 3.77. The molecule has 0 aromatic heterocycles. The first-order valence-electron chi connectivity index (χ1n) is 8.34. The van der Waals surface area contributed by atoms with Crippen LogP contribution < -0.4 is 15.4 Å². The van der Waals surface area contributed by atoms with E-state index >= 15 is 0 Å². The quantitative estimate of drug-likeness (QED) is 0.729. The summed E-state index contributed by atoms with van der Waals surface area (Å²) < 4.78 is 9.98. The summed E-state index contributed by atoms with van der Waals surface area (Å²) in [5.41, 5.74) is 2.97. The summed E-state index contributed by atoms with van der Waals surface area (Å²) in [6, 6.07) is 12.3. The number of rotatable bonds is 7. The van der Waals surface area contributed by atoms with Gasteiger partial charge < -0.3 is 20.1 Å². The Morgan fingerprint density at radius 2 is 1.78 bits per heavy atom. The number of esters is 1. The van der Waals surface area contributed by atoms with E-state index in [0.717, 1.165) is 11.1 Å². The lowest BCUT2D eigenvalue weighted by atomic mass is 10.1. The van der Waals surface area contributed by atoms with E-state index in [9.17, 15) is 14.4 Å². The molecule has 7 heteroatoms. The Bertz CT molecular complexity index is 848. The highest BCUT2D eigenvalue weighted by Crippen LogP contribution is 2.17. The van der Waals surface area contributed by atoms with Crippen molar-refractivity contribution in [3.05, 3.63) is 59.2 Å². The molecule has 2 rings (SSSR count). The maximum atomic E-state index is 12.1. The highest BCUT2D eigenvalue weighted by molar-refractivity contribution is 5.98. The number of benzene rings is 2. The lowest BCUT2D eigenvalue weighted by Gasteiger charge is -2.10. The van der Waals surface area contributed by atoms with E-state index in [-0.39, 0.29) is 6.54 Å². The predicted molar refractivity (Wildman–Crippen MR) is 101 cm³/mol. The summed E-state index contributed by atoms with van der Waals surface area (Å²) in [6.45, 7) is 3.05. The van der Waals surface area contributed by atoms with Crippen molar-refractivity contribution in [2.45, 2.75) is 13.8 Å². The molecule has 0 fully saturated rings. The fraction of sp³-hybridized carbons (Fsp3) is 0.250. The van der Waals surface area contributed by atoms with Crippen LogP contribution in [0.3, 0.4) is 0 Å². The maximum absolute atomic E-state index is 12.1. The van der Waals surface area contributed by atoms with Gasteiger partial charge in [-0.25, -0.2) is 0 Å². The minimum Gasteiger partial charge on any atom is -0.496 e. The first-order chi connectivity index (χ1) is 12.9. The number of carbonyl (C=O) groups excluding carboxylic acids is 3. The summed E-state index contributed by atoms with van der Waals surface area (Å²) >= 11 is 0. The molecule has 0 saturated heterocycles. The van der Waals surface area contributed by atoms with Crippen LogP contribution in [0.5, 0.6) is 5.75 Å². The zero-order valence-electron chi connectivity index (χ0n) is 15.5. The Balaban J connectivity index is 1.78. The fourth-order valence-electron chi connectivity index (χ4n) is 2.42. The van der Waals surface area contributed by atoms with Crippen molar-refractivity contribution in [2.24, 2.45) is 0 Å². The molecular weight excluding hydrogens is 348 g/mol. The highest BCUT2D eigenvalue weighted by Gasteiger charge is 2.14. The van der Waals surface area contributed by atoms with Gasteiger partial charge in [-0.15, -0.1) is 0 Å². The van der Waals surface area contributed by atoms with E-state index in [1.807, 2.05) is 26.0 Å². The maximum Gasteiger partial charge on any atom is 0.325 e. The lowest BCUT2D eigenvalue weighted by molar-refractivity contribution is -0.146. The largest absolute Gasteiger partial charge is 0.496 e. The monoisotopic (exact) mass is 370 g/mol. The van der Waals surface area contributed by atoms with E-state index in [1.54, 1.807) is 30.3 Å². The molecule has 27 heavy (non-hydrogen) atoms. The van der Waals surface area contributed by atoms with Gasteiger partial charge in [0, 0.05) is 5.69 Å². The molecule has 0 saturated carbocycles. The van der Waals surface area contributed by atoms with Gasteiger partial charge in [0.05, 0.1) is 12.7 Å². The van der Waals surface area contributed by atoms with E-state index in [2.05, 4.69) is 10.6 Å². The number of hydrogen-bond acceptors (Lipinski definition) is 5. The van der Waals surface area contributed by atoms with Gasteiger partial charge in [0.15, 0.2) is 6.61 Å². The Morgan fingerprint density at radius 3 is 2.48 bits per heavy atom. The summed E-state index contributed by atoms with van der Waals surface area (Å²) in [5, 5.41) is 5.12. The normalized spacial score (nSPS) is 10.0. The standard InChI is InChI=1S/C20H22N2O5/c1-13-8-9-16(14(2)10-13)22-18(23)12-27-19(24)11-21-20(25)15-6-4-5-7-17(15)26-3/h4-10H,11-12H2,1-3H3,(H,21,25)(H,22,23). The Labute approximate surface area is 157 Å².